The number of hydrogen-bond donors (Lipinski definition) is 2. The second kappa shape index (κ2) is 10.4. The van der Waals surface area contributed by atoms with E-state index in [2.05, 4.69) is 15.6 Å². The van der Waals surface area contributed by atoms with Crippen LogP contribution in [0.25, 0.3) is 0 Å². The molecular weight excluding hydrogens is 354 g/mol. The van der Waals surface area contributed by atoms with E-state index >= 15 is 0 Å². The molecule has 2 rings (SSSR count). The molecule has 7 nitrogen and oxygen atoms in total. The van der Waals surface area contributed by atoms with Gasteiger partial charge >= 0.3 is 6.03 Å². The summed E-state index contributed by atoms with van der Waals surface area (Å²) in [7, 11) is 3.94. The van der Waals surface area contributed by atoms with Crippen LogP contribution in [0.3, 0.4) is 0 Å². The summed E-state index contributed by atoms with van der Waals surface area (Å²) in [5.74, 6) is -0.155. The van der Waals surface area contributed by atoms with Crippen LogP contribution in [-0.4, -0.2) is 60.5 Å². The molecule has 0 fully saturated rings. The Hall–Kier alpha value is -2.93. The molecule has 0 bridgehead atoms. The van der Waals surface area contributed by atoms with Gasteiger partial charge in [-0.1, -0.05) is 12.1 Å². The van der Waals surface area contributed by atoms with E-state index in [1.54, 1.807) is 29.4 Å². The number of rotatable bonds is 8. The molecule has 2 N–H and O–H groups in total. The van der Waals surface area contributed by atoms with Crippen molar-refractivity contribution in [2.75, 3.05) is 39.0 Å². The predicted octanol–water partition coefficient (Wildman–Crippen LogP) is 2.74. The third kappa shape index (κ3) is 6.35. The van der Waals surface area contributed by atoms with Gasteiger partial charge in [-0.05, 0) is 57.3 Å². The zero-order chi connectivity index (χ0) is 20.5. The van der Waals surface area contributed by atoms with Gasteiger partial charge in [0.05, 0.1) is 0 Å². The smallest absolute Gasteiger partial charge is 0.322 e. The van der Waals surface area contributed by atoms with Gasteiger partial charge in [0.2, 0.25) is 0 Å². The summed E-state index contributed by atoms with van der Waals surface area (Å²) >= 11 is 0. The van der Waals surface area contributed by atoms with Crippen LogP contribution in [0, 0.1) is 6.92 Å². The maximum Gasteiger partial charge on any atom is 0.322 e. The van der Waals surface area contributed by atoms with Crippen LogP contribution in [0.1, 0.15) is 28.4 Å². The van der Waals surface area contributed by atoms with Gasteiger partial charge in [0.1, 0.15) is 0 Å². The van der Waals surface area contributed by atoms with Crippen molar-refractivity contribution in [3.05, 3.63) is 59.4 Å². The Morgan fingerprint density at radius 2 is 1.93 bits per heavy atom. The summed E-state index contributed by atoms with van der Waals surface area (Å²) in [5.41, 5.74) is 3.02. The SMILES string of the molecule is CCNC(=O)c1ccc(C)c(NC(=O)N(CCN(C)C)Cc2cccnc2)c1. The molecule has 1 aromatic carbocycles. The minimum atomic E-state index is -0.207. The number of carbonyl (C=O) groups is 2. The van der Waals surface area contributed by atoms with Crippen LogP contribution in [0.15, 0.2) is 42.7 Å². The number of benzene rings is 1. The Kier molecular flexibility index (Phi) is 7.95. The molecule has 0 unspecified atom stereocenters. The fourth-order valence-electron chi connectivity index (χ4n) is 2.64. The summed E-state index contributed by atoms with van der Waals surface area (Å²) < 4.78 is 0. The van der Waals surface area contributed by atoms with Crippen molar-refractivity contribution >= 4 is 17.6 Å². The Morgan fingerprint density at radius 3 is 2.57 bits per heavy atom. The van der Waals surface area contributed by atoms with Crippen molar-refractivity contribution in [3.8, 4) is 0 Å². The van der Waals surface area contributed by atoms with Crippen LogP contribution in [0.2, 0.25) is 0 Å². The van der Waals surface area contributed by atoms with Gasteiger partial charge in [0, 0.05) is 49.8 Å². The van der Waals surface area contributed by atoms with E-state index in [4.69, 9.17) is 0 Å². The van der Waals surface area contributed by atoms with Crippen LogP contribution in [0.5, 0.6) is 0 Å². The highest BCUT2D eigenvalue weighted by molar-refractivity contribution is 5.97. The maximum absolute atomic E-state index is 13.0. The number of aryl methyl sites for hydroxylation is 1. The molecule has 0 aliphatic rings. The van der Waals surface area contributed by atoms with E-state index in [1.165, 1.54) is 0 Å². The molecule has 0 aliphatic carbocycles. The number of anilines is 1. The Morgan fingerprint density at radius 1 is 1.14 bits per heavy atom. The molecule has 1 aromatic heterocycles. The third-order valence-corrected chi connectivity index (χ3v) is 4.28. The highest BCUT2D eigenvalue weighted by atomic mass is 16.2. The van der Waals surface area contributed by atoms with Crippen molar-refractivity contribution in [2.45, 2.75) is 20.4 Å². The molecule has 1 heterocycles. The second-order valence-corrected chi connectivity index (χ2v) is 6.91. The summed E-state index contributed by atoms with van der Waals surface area (Å²) in [6.07, 6.45) is 3.47. The van der Waals surface area contributed by atoms with Gasteiger partial charge < -0.3 is 20.4 Å². The lowest BCUT2D eigenvalue weighted by Gasteiger charge is -2.25. The summed E-state index contributed by atoms with van der Waals surface area (Å²) in [4.78, 5) is 33.0. The number of nitrogens with one attached hydrogen (secondary N) is 2. The Balaban J connectivity index is 2.17. The van der Waals surface area contributed by atoms with Crippen molar-refractivity contribution in [1.82, 2.24) is 20.1 Å². The lowest BCUT2D eigenvalue weighted by molar-refractivity contribution is 0.0956. The van der Waals surface area contributed by atoms with Crippen molar-refractivity contribution in [1.29, 1.82) is 0 Å². The largest absolute Gasteiger partial charge is 0.352 e. The number of hydrogen-bond acceptors (Lipinski definition) is 4. The fraction of sp³-hybridized carbons (Fsp3) is 0.381. The van der Waals surface area contributed by atoms with E-state index in [0.29, 0.717) is 30.9 Å². The number of aromatic nitrogens is 1. The van der Waals surface area contributed by atoms with Crippen molar-refractivity contribution < 1.29 is 9.59 Å². The summed E-state index contributed by atoms with van der Waals surface area (Å²) in [5, 5.41) is 5.74. The average Bonchev–Trinajstić information content (AvgIpc) is 2.67. The molecule has 3 amide bonds. The van der Waals surface area contributed by atoms with Gasteiger partial charge in [0.25, 0.3) is 5.91 Å². The van der Waals surface area contributed by atoms with E-state index in [9.17, 15) is 9.59 Å². The van der Waals surface area contributed by atoms with E-state index in [0.717, 1.165) is 17.7 Å². The zero-order valence-electron chi connectivity index (χ0n) is 17.0. The van der Waals surface area contributed by atoms with E-state index in [-0.39, 0.29) is 11.9 Å². The van der Waals surface area contributed by atoms with Crippen LogP contribution in [0.4, 0.5) is 10.5 Å². The van der Waals surface area contributed by atoms with Crippen molar-refractivity contribution in [2.24, 2.45) is 0 Å². The maximum atomic E-state index is 13.0. The topological polar surface area (TPSA) is 77.6 Å². The minimum Gasteiger partial charge on any atom is -0.352 e. The minimum absolute atomic E-state index is 0.155. The highest BCUT2D eigenvalue weighted by Crippen LogP contribution is 2.18. The standard InChI is InChI=1S/C21H29N5O2/c1-5-23-20(27)18-9-8-16(2)19(13-18)24-21(28)26(12-11-25(3)4)15-17-7-6-10-22-14-17/h6-10,13-14H,5,11-12,15H2,1-4H3,(H,23,27)(H,24,28). The first-order chi connectivity index (χ1) is 13.4. The van der Waals surface area contributed by atoms with Crippen LogP contribution < -0.4 is 10.6 Å². The molecule has 0 radical (unpaired) electrons. The predicted molar refractivity (Wildman–Crippen MR) is 111 cm³/mol. The number of nitrogens with zero attached hydrogens (tertiary/aromatic N) is 3. The monoisotopic (exact) mass is 383 g/mol. The quantitative estimate of drug-likeness (QED) is 0.735. The lowest BCUT2D eigenvalue weighted by Crippen LogP contribution is -2.39. The summed E-state index contributed by atoms with van der Waals surface area (Å²) in [6.45, 7) is 6.10. The molecule has 7 heteroatoms. The first-order valence-electron chi connectivity index (χ1n) is 9.39. The molecule has 28 heavy (non-hydrogen) atoms. The fourth-order valence-corrected chi connectivity index (χ4v) is 2.64. The lowest BCUT2D eigenvalue weighted by atomic mass is 10.1. The molecule has 0 saturated heterocycles. The molecule has 150 valence electrons. The molecule has 0 saturated carbocycles. The van der Waals surface area contributed by atoms with Gasteiger partial charge in [-0.25, -0.2) is 4.79 Å². The molecule has 0 spiro atoms. The summed E-state index contributed by atoms with van der Waals surface area (Å²) in [6, 6.07) is 8.91. The highest BCUT2D eigenvalue weighted by Gasteiger charge is 2.16. The van der Waals surface area contributed by atoms with Crippen LogP contribution >= 0.6 is 0 Å². The van der Waals surface area contributed by atoms with Gasteiger partial charge in [0.15, 0.2) is 0 Å². The normalized spacial score (nSPS) is 10.6. The molecule has 2 aromatic rings. The number of pyridine rings is 1. The number of urea groups is 1. The number of amides is 3. The first kappa shape index (κ1) is 21.4. The van der Waals surface area contributed by atoms with Gasteiger partial charge in [-0.2, -0.15) is 0 Å². The first-order valence-corrected chi connectivity index (χ1v) is 9.39. The van der Waals surface area contributed by atoms with Crippen molar-refractivity contribution in [3.63, 3.8) is 0 Å². The molecule has 0 atom stereocenters. The zero-order valence-corrected chi connectivity index (χ0v) is 17.0. The average molecular weight is 383 g/mol. The van der Waals surface area contributed by atoms with Gasteiger partial charge in [-0.15, -0.1) is 0 Å². The van der Waals surface area contributed by atoms with E-state index < -0.39 is 0 Å². The van der Waals surface area contributed by atoms with Gasteiger partial charge in [-0.3, -0.25) is 9.78 Å². The Bertz CT molecular complexity index is 793. The van der Waals surface area contributed by atoms with E-state index in [1.807, 2.05) is 51.0 Å². The molecule has 0 aliphatic heterocycles. The molecular formula is C21H29N5O2. The van der Waals surface area contributed by atoms with Crippen LogP contribution in [-0.2, 0) is 6.54 Å². The second-order valence-electron chi connectivity index (χ2n) is 6.91. The number of likely N-dealkylation sites (N-methyl/N-ethyl adjacent to an activating group) is 1. The number of carbonyl (C=O) groups excluding carboxylic acids is 2. The third-order valence-electron chi connectivity index (χ3n) is 4.28. The Labute approximate surface area is 166 Å².